The van der Waals surface area contributed by atoms with E-state index in [0.29, 0.717) is 17.2 Å². The molecule has 1 atom stereocenters. The number of halogens is 1. The zero-order valence-corrected chi connectivity index (χ0v) is 9.38. The molecule has 2 aliphatic rings. The number of nitrogens with zero attached hydrogens (tertiary/aromatic N) is 1. The van der Waals surface area contributed by atoms with Gasteiger partial charge in [-0.05, 0) is 28.9 Å². The van der Waals surface area contributed by atoms with E-state index in [1.54, 1.807) is 20.1 Å². The number of fused-ring (bicyclic) bond motifs is 1. The quantitative estimate of drug-likeness (QED) is 0.764. The van der Waals surface area contributed by atoms with Crippen molar-refractivity contribution in [3.05, 3.63) is 21.9 Å². The topological polar surface area (TPSA) is 50.7 Å². The maximum absolute atomic E-state index is 11.5. The normalized spacial score (nSPS) is 25.4. The molecule has 1 heterocycles. The van der Waals surface area contributed by atoms with E-state index >= 15 is 0 Å². The zero-order chi connectivity index (χ0) is 10.3. The standard InChI is InChI=1S/C9H9BrN2O2/c1-4-11-7-5(9(13)12-4)3-6(10)8(7)14-2/h3,7H,1-2H3,(H,11,12,13). The third-order valence-corrected chi connectivity index (χ3v) is 2.78. The fourth-order valence-electron chi connectivity index (χ4n) is 1.55. The van der Waals surface area contributed by atoms with Crippen molar-refractivity contribution < 1.29 is 9.53 Å². The highest BCUT2D eigenvalue weighted by Crippen LogP contribution is 2.33. The highest BCUT2D eigenvalue weighted by Gasteiger charge is 2.35. The van der Waals surface area contributed by atoms with E-state index < -0.39 is 0 Å². The van der Waals surface area contributed by atoms with Gasteiger partial charge in [-0.25, -0.2) is 0 Å². The molecule has 0 spiro atoms. The van der Waals surface area contributed by atoms with Crippen LogP contribution in [0.1, 0.15) is 6.92 Å². The van der Waals surface area contributed by atoms with Gasteiger partial charge in [-0.15, -0.1) is 0 Å². The summed E-state index contributed by atoms with van der Waals surface area (Å²) < 4.78 is 5.97. The van der Waals surface area contributed by atoms with Crippen LogP contribution in [0.3, 0.4) is 0 Å². The first kappa shape index (κ1) is 9.45. The Bertz CT molecular complexity index is 396. The minimum absolute atomic E-state index is 0.105. The number of carbonyl (C=O) groups is 1. The number of methoxy groups -OCH3 is 1. The van der Waals surface area contributed by atoms with Crippen molar-refractivity contribution in [2.24, 2.45) is 4.99 Å². The van der Waals surface area contributed by atoms with E-state index in [-0.39, 0.29) is 11.9 Å². The van der Waals surface area contributed by atoms with E-state index in [9.17, 15) is 4.79 Å². The first-order valence-corrected chi connectivity index (χ1v) is 4.93. The Kier molecular flexibility index (Phi) is 2.19. The van der Waals surface area contributed by atoms with Crippen molar-refractivity contribution in [2.75, 3.05) is 7.11 Å². The van der Waals surface area contributed by atoms with E-state index in [4.69, 9.17) is 4.74 Å². The maximum Gasteiger partial charge on any atom is 0.255 e. The third-order valence-electron chi connectivity index (χ3n) is 2.16. The second-order valence-corrected chi connectivity index (χ2v) is 3.94. The van der Waals surface area contributed by atoms with E-state index in [2.05, 4.69) is 26.2 Å². The van der Waals surface area contributed by atoms with Crippen LogP contribution in [0.2, 0.25) is 0 Å². The Balaban J connectivity index is 2.45. The molecule has 0 saturated carbocycles. The van der Waals surface area contributed by atoms with E-state index in [0.717, 1.165) is 4.48 Å². The molecule has 2 rings (SSSR count). The molecule has 1 N–H and O–H groups in total. The molecule has 14 heavy (non-hydrogen) atoms. The first-order chi connectivity index (χ1) is 6.63. The van der Waals surface area contributed by atoms with Gasteiger partial charge in [0.25, 0.3) is 5.91 Å². The predicted octanol–water partition coefficient (Wildman–Crippen LogP) is 1.10. The number of amidine groups is 1. The lowest BCUT2D eigenvalue weighted by molar-refractivity contribution is -0.116. The van der Waals surface area contributed by atoms with Gasteiger partial charge in [0, 0.05) is 0 Å². The van der Waals surface area contributed by atoms with Crippen LogP contribution in [-0.4, -0.2) is 24.9 Å². The first-order valence-electron chi connectivity index (χ1n) is 4.14. The monoisotopic (exact) mass is 256 g/mol. The molecule has 0 aromatic carbocycles. The molecule has 0 fully saturated rings. The number of rotatable bonds is 1. The molecule has 0 radical (unpaired) electrons. The lowest BCUT2D eigenvalue weighted by Crippen LogP contribution is -2.38. The number of nitrogens with one attached hydrogen (secondary N) is 1. The number of aliphatic imine (C=N–C) groups is 1. The van der Waals surface area contributed by atoms with Gasteiger partial charge in [0.1, 0.15) is 17.6 Å². The summed E-state index contributed by atoms with van der Waals surface area (Å²) in [6.45, 7) is 1.76. The van der Waals surface area contributed by atoms with E-state index in [1.165, 1.54) is 0 Å². The van der Waals surface area contributed by atoms with Crippen molar-refractivity contribution in [2.45, 2.75) is 13.0 Å². The summed E-state index contributed by atoms with van der Waals surface area (Å²) in [5.41, 5.74) is 0.624. The van der Waals surface area contributed by atoms with Crippen molar-refractivity contribution >= 4 is 27.7 Å². The molecule has 0 aromatic heterocycles. The summed E-state index contributed by atoms with van der Waals surface area (Å²) in [5.74, 6) is 1.20. The summed E-state index contributed by atoms with van der Waals surface area (Å²) in [4.78, 5) is 15.8. The molecule has 0 saturated heterocycles. The number of hydrogen-bond donors (Lipinski definition) is 1. The van der Waals surface area contributed by atoms with Gasteiger partial charge in [0.05, 0.1) is 17.2 Å². The third kappa shape index (κ3) is 1.28. The van der Waals surface area contributed by atoms with Crippen LogP contribution in [0.15, 0.2) is 26.9 Å². The molecule has 1 aliphatic carbocycles. The summed E-state index contributed by atoms with van der Waals surface area (Å²) in [6, 6.07) is -0.275. The van der Waals surface area contributed by atoms with Gasteiger partial charge in [-0.2, -0.15) is 0 Å². The highest BCUT2D eigenvalue weighted by molar-refractivity contribution is 9.11. The average molecular weight is 257 g/mol. The second-order valence-electron chi connectivity index (χ2n) is 3.09. The van der Waals surface area contributed by atoms with Gasteiger partial charge in [-0.3, -0.25) is 9.79 Å². The maximum atomic E-state index is 11.5. The zero-order valence-electron chi connectivity index (χ0n) is 7.80. The lowest BCUT2D eigenvalue weighted by Gasteiger charge is -2.19. The van der Waals surface area contributed by atoms with Crippen LogP contribution in [0, 0.1) is 0 Å². The largest absolute Gasteiger partial charge is 0.497 e. The molecule has 0 aromatic rings. The van der Waals surface area contributed by atoms with Crippen molar-refractivity contribution in [1.29, 1.82) is 0 Å². The Morgan fingerprint density at radius 2 is 2.36 bits per heavy atom. The molecule has 5 heteroatoms. The minimum atomic E-state index is -0.275. The summed E-state index contributed by atoms with van der Waals surface area (Å²) in [5, 5.41) is 2.66. The van der Waals surface area contributed by atoms with Gasteiger partial charge < -0.3 is 10.1 Å². The Morgan fingerprint density at radius 3 is 3.00 bits per heavy atom. The predicted molar refractivity (Wildman–Crippen MR) is 56.1 cm³/mol. The van der Waals surface area contributed by atoms with Crippen LogP contribution in [-0.2, 0) is 9.53 Å². The molecular weight excluding hydrogens is 248 g/mol. The number of carbonyl (C=O) groups excluding carboxylic acids is 1. The highest BCUT2D eigenvalue weighted by atomic mass is 79.9. The Morgan fingerprint density at radius 1 is 1.64 bits per heavy atom. The number of ether oxygens (including phenoxy) is 1. The summed E-state index contributed by atoms with van der Waals surface area (Å²) >= 11 is 3.33. The van der Waals surface area contributed by atoms with Crippen LogP contribution in [0.5, 0.6) is 0 Å². The molecule has 4 nitrogen and oxygen atoms in total. The number of allylic oxidation sites excluding steroid dienone is 2. The molecule has 74 valence electrons. The summed E-state index contributed by atoms with van der Waals surface area (Å²) in [7, 11) is 1.57. The van der Waals surface area contributed by atoms with Crippen molar-refractivity contribution in [3.63, 3.8) is 0 Å². The average Bonchev–Trinajstić information content (AvgIpc) is 2.41. The van der Waals surface area contributed by atoms with Gasteiger partial charge in [-0.1, -0.05) is 0 Å². The lowest BCUT2D eigenvalue weighted by atomic mass is 10.1. The fraction of sp³-hybridized carbons (Fsp3) is 0.333. The Labute approximate surface area is 89.9 Å². The van der Waals surface area contributed by atoms with Crippen LogP contribution >= 0.6 is 15.9 Å². The SMILES string of the molecule is COC1=C(Br)C=C2C(=O)NC(C)=NC21. The van der Waals surface area contributed by atoms with Gasteiger partial charge >= 0.3 is 0 Å². The van der Waals surface area contributed by atoms with Crippen LogP contribution < -0.4 is 5.32 Å². The molecular formula is C9H9BrN2O2. The molecule has 1 amide bonds. The van der Waals surface area contributed by atoms with E-state index in [1.807, 2.05) is 0 Å². The fourth-order valence-corrected chi connectivity index (χ4v) is 2.17. The smallest absolute Gasteiger partial charge is 0.255 e. The number of hydrogen-bond acceptors (Lipinski definition) is 3. The van der Waals surface area contributed by atoms with Crippen molar-refractivity contribution in [1.82, 2.24) is 5.32 Å². The minimum Gasteiger partial charge on any atom is -0.497 e. The summed E-state index contributed by atoms with van der Waals surface area (Å²) in [6.07, 6.45) is 1.74. The van der Waals surface area contributed by atoms with Gasteiger partial charge in [0.15, 0.2) is 0 Å². The molecule has 0 bridgehead atoms. The van der Waals surface area contributed by atoms with Crippen LogP contribution in [0.25, 0.3) is 0 Å². The van der Waals surface area contributed by atoms with Crippen molar-refractivity contribution in [3.8, 4) is 0 Å². The molecule has 1 unspecified atom stereocenters. The van der Waals surface area contributed by atoms with Gasteiger partial charge in [0.2, 0.25) is 0 Å². The molecule has 1 aliphatic heterocycles. The number of amides is 1. The Hall–Kier alpha value is -1.10. The second kappa shape index (κ2) is 3.24. The van der Waals surface area contributed by atoms with Crippen LogP contribution in [0.4, 0.5) is 0 Å².